The molecule has 0 saturated carbocycles. The zero-order valence-corrected chi connectivity index (χ0v) is 14.0. The third-order valence-electron chi connectivity index (χ3n) is 5.02. The second-order valence-electron chi connectivity index (χ2n) is 6.58. The van der Waals surface area contributed by atoms with Gasteiger partial charge in [-0.1, -0.05) is 36.4 Å². The number of aryl methyl sites for hydroxylation is 1. The number of fused-ring (bicyclic) bond motifs is 1. The van der Waals surface area contributed by atoms with Gasteiger partial charge in [-0.2, -0.15) is 0 Å². The van der Waals surface area contributed by atoms with Crippen LogP contribution in [0.1, 0.15) is 24.0 Å². The summed E-state index contributed by atoms with van der Waals surface area (Å²) >= 11 is 0. The fraction of sp³-hybridized carbons (Fsp3) is 0.350. The summed E-state index contributed by atoms with van der Waals surface area (Å²) in [7, 11) is 0. The van der Waals surface area contributed by atoms with Gasteiger partial charge >= 0.3 is 0 Å². The SMILES string of the molecule is Cc1ccccc1CNC1=Nc2ccccc2NC12CCOCC2. The number of rotatable bonds is 2. The van der Waals surface area contributed by atoms with Crippen molar-refractivity contribution in [1.82, 2.24) is 5.32 Å². The maximum absolute atomic E-state index is 5.59. The number of nitrogens with zero attached hydrogens (tertiary/aromatic N) is 1. The Hall–Kier alpha value is -2.33. The molecule has 4 rings (SSSR count). The summed E-state index contributed by atoms with van der Waals surface area (Å²) in [6.07, 6.45) is 1.86. The van der Waals surface area contributed by atoms with Crippen molar-refractivity contribution in [2.45, 2.75) is 31.8 Å². The Morgan fingerprint density at radius 2 is 1.83 bits per heavy atom. The van der Waals surface area contributed by atoms with Crippen molar-refractivity contribution < 1.29 is 4.74 Å². The summed E-state index contributed by atoms with van der Waals surface area (Å²) in [5.41, 5.74) is 4.58. The van der Waals surface area contributed by atoms with Crippen molar-refractivity contribution >= 4 is 17.2 Å². The first kappa shape index (κ1) is 15.2. The van der Waals surface area contributed by atoms with Crippen molar-refractivity contribution in [2.75, 3.05) is 18.5 Å². The fourth-order valence-electron chi connectivity index (χ4n) is 3.50. The van der Waals surface area contributed by atoms with Gasteiger partial charge in [-0.25, -0.2) is 4.99 Å². The zero-order valence-electron chi connectivity index (χ0n) is 14.0. The minimum atomic E-state index is -0.144. The predicted molar refractivity (Wildman–Crippen MR) is 98.0 cm³/mol. The molecule has 124 valence electrons. The van der Waals surface area contributed by atoms with Crippen LogP contribution in [0.5, 0.6) is 0 Å². The summed E-state index contributed by atoms with van der Waals surface area (Å²) in [4.78, 5) is 4.95. The molecule has 2 aliphatic heterocycles. The molecular formula is C20H23N3O. The van der Waals surface area contributed by atoms with Crippen LogP contribution >= 0.6 is 0 Å². The molecule has 0 aliphatic carbocycles. The number of hydrogen-bond donors (Lipinski definition) is 2. The Labute approximate surface area is 143 Å². The number of anilines is 1. The van der Waals surface area contributed by atoms with Gasteiger partial charge in [-0.3, -0.25) is 0 Å². The first-order valence-corrected chi connectivity index (χ1v) is 8.59. The Balaban J connectivity index is 1.64. The number of nitrogens with one attached hydrogen (secondary N) is 2. The molecule has 0 bridgehead atoms. The quantitative estimate of drug-likeness (QED) is 0.884. The zero-order chi connectivity index (χ0) is 16.4. The van der Waals surface area contributed by atoms with Crippen molar-refractivity contribution in [1.29, 1.82) is 0 Å². The van der Waals surface area contributed by atoms with Crippen molar-refractivity contribution in [3.8, 4) is 0 Å². The van der Waals surface area contributed by atoms with Crippen molar-refractivity contribution in [3.63, 3.8) is 0 Å². The van der Waals surface area contributed by atoms with Gasteiger partial charge in [0.05, 0.1) is 16.9 Å². The number of aliphatic imine (C=N–C) groups is 1. The molecule has 4 heteroatoms. The van der Waals surface area contributed by atoms with Crippen LogP contribution in [0.4, 0.5) is 11.4 Å². The molecule has 0 unspecified atom stereocenters. The van der Waals surface area contributed by atoms with Gasteiger partial charge in [0.25, 0.3) is 0 Å². The highest BCUT2D eigenvalue weighted by atomic mass is 16.5. The van der Waals surface area contributed by atoms with E-state index in [0.717, 1.165) is 49.8 Å². The molecule has 0 amide bonds. The first-order chi connectivity index (χ1) is 11.8. The normalized spacial score (nSPS) is 18.5. The van der Waals surface area contributed by atoms with E-state index >= 15 is 0 Å². The Bertz CT molecular complexity index is 763. The van der Waals surface area contributed by atoms with Gasteiger partial charge in [0.15, 0.2) is 0 Å². The fourth-order valence-corrected chi connectivity index (χ4v) is 3.50. The van der Waals surface area contributed by atoms with E-state index in [2.05, 4.69) is 60.0 Å². The summed E-state index contributed by atoms with van der Waals surface area (Å²) in [5, 5.41) is 7.35. The minimum Gasteiger partial charge on any atom is -0.381 e. The molecular weight excluding hydrogens is 298 g/mol. The van der Waals surface area contributed by atoms with Gasteiger partial charge in [0.1, 0.15) is 5.84 Å². The smallest absolute Gasteiger partial charge is 0.129 e. The molecule has 0 aromatic heterocycles. The van der Waals surface area contributed by atoms with Crippen LogP contribution in [-0.4, -0.2) is 24.6 Å². The lowest BCUT2D eigenvalue weighted by Crippen LogP contribution is -2.56. The van der Waals surface area contributed by atoms with Crippen LogP contribution in [-0.2, 0) is 11.3 Å². The van der Waals surface area contributed by atoms with Crippen LogP contribution < -0.4 is 10.6 Å². The van der Waals surface area contributed by atoms with Crippen LogP contribution in [0.2, 0.25) is 0 Å². The number of ether oxygens (including phenoxy) is 1. The van der Waals surface area contributed by atoms with E-state index in [1.165, 1.54) is 11.1 Å². The lowest BCUT2D eigenvalue weighted by atomic mass is 9.86. The third kappa shape index (κ3) is 2.78. The topological polar surface area (TPSA) is 45.7 Å². The standard InChI is InChI=1S/C20H23N3O/c1-15-6-2-3-7-16(15)14-21-19-20(10-12-24-13-11-20)23-18-9-5-4-8-17(18)22-19/h2-9,23H,10-14H2,1H3,(H,21,22). The maximum atomic E-state index is 5.59. The number of benzene rings is 2. The van der Waals surface area contributed by atoms with E-state index in [0.29, 0.717) is 0 Å². The van der Waals surface area contributed by atoms with Crippen LogP contribution in [0.3, 0.4) is 0 Å². The monoisotopic (exact) mass is 321 g/mol. The largest absolute Gasteiger partial charge is 0.381 e. The number of amidine groups is 1. The molecule has 2 aromatic rings. The third-order valence-corrected chi connectivity index (χ3v) is 5.02. The lowest BCUT2D eigenvalue weighted by molar-refractivity contribution is 0.0771. The number of para-hydroxylation sites is 2. The molecule has 0 radical (unpaired) electrons. The van der Waals surface area contributed by atoms with Gasteiger partial charge in [0, 0.05) is 32.6 Å². The van der Waals surface area contributed by atoms with Gasteiger partial charge in [-0.15, -0.1) is 0 Å². The van der Waals surface area contributed by atoms with Crippen LogP contribution in [0.15, 0.2) is 53.5 Å². The molecule has 2 aliphatic rings. The highest BCUT2D eigenvalue weighted by Crippen LogP contribution is 2.37. The minimum absolute atomic E-state index is 0.144. The highest BCUT2D eigenvalue weighted by molar-refractivity contribution is 6.00. The molecule has 2 heterocycles. The Morgan fingerprint density at radius 3 is 2.67 bits per heavy atom. The average Bonchev–Trinajstić information content (AvgIpc) is 2.62. The average molecular weight is 321 g/mol. The summed E-state index contributed by atoms with van der Waals surface area (Å²) < 4.78 is 5.59. The van der Waals surface area contributed by atoms with Crippen molar-refractivity contribution in [2.24, 2.45) is 4.99 Å². The predicted octanol–water partition coefficient (Wildman–Crippen LogP) is 3.79. The first-order valence-electron chi connectivity index (χ1n) is 8.59. The van der Waals surface area contributed by atoms with E-state index in [-0.39, 0.29) is 5.54 Å². The molecule has 1 saturated heterocycles. The lowest BCUT2D eigenvalue weighted by Gasteiger charge is -2.42. The van der Waals surface area contributed by atoms with E-state index < -0.39 is 0 Å². The molecule has 2 aromatic carbocycles. The molecule has 0 atom stereocenters. The Morgan fingerprint density at radius 1 is 1.08 bits per heavy atom. The van der Waals surface area contributed by atoms with Crippen molar-refractivity contribution in [3.05, 3.63) is 59.7 Å². The second kappa shape index (κ2) is 6.29. The summed E-state index contributed by atoms with van der Waals surface area (Å²) in [5.74, 6) is 1.03. The number of hydrogen-bond acceptors (Lipinski definition) is 4. The summed E-state index contributed by atoms with van der Waals surface area (Å²) in [6, 6.07) is 16.7. The second-order valence-corrected chi connectivity index (χ2v) is 6.58. The molecule has 24 heavy (non-hydrogen) atoms. The van der Waals surface area contributed by atoms with Gasteiger partial charge in [-0.05, 0) is 30.2 Å². The Kier molecular flexibility index (Phi) is 3.98. The van der Waals surface area contributed by atoms with E-state index in [1.54, 1.807) is 0 Å². The highest BCUT2D eigenvalue weighted by Gasteiger charge is 2.40. The molecule has 4 nitrogen and oxygen atoms in total. The van der Waals surface area contributed by atoms with E-state index in [9.17, 15) is 0 Å². The van der Waals surface area contributed by atoms with Gasteiger partial charge in [0.2, 0.25) is 0 Å². The van der Waals surface area contributed by atoms with E-state index in [1.807, 2.05) is 6.07 Å². The van der Waals surface area contributed by atoms with Crippen LogP contribution in [0.25, 0.3) is 0 Å². The van der Waals surface area contributed by atoms with E-state index in [4.69, 9.17) is 9.73 Å². The molecule has 1 fully saturated rings. The summed E-state index contributed by atoms with van der Waals surface area (Å²) in [6.45, 7) is 4.47. The molecule has 2 N–H and O–H groups in total. The maximum Gasteiger partial charge on any atom is 0.129 e. The molecule has 1 spiro atoms. The van der Waals surface area contributed by atoms with Crippen LogP contribution in [0, 0.1) is 6.92 Å². The van der Waals surface area contributed by atoms with Gasteiger partial charge < -0.3 is 15.4 Å².